The Hall–Kier alpha value is -0.610. The average molecular weight is 270 g/mol. The molecule has 1 saturated carbocycles. The maximum Gasteiger partial charge on any atom is 0.220 e. The van der Waals surface area contributed by atoms with E-state index < -0.39 is 0 Å². The van der Waals surface area contributed by atoms with Crippen LogP contribution in [-0.4, -0.2) is 48.7 Å². The highest BCUT2D eigenvalue weighted by molar-refractivity contribution is 5.75. The smallest absolute Gasteiger partial charge is 0.220 e. The fourth-order valence-electron chi connectivity index (χ4n) is 3.11. The van der Waals surface area contributed by atoms with Crippen molar-refractivity contribution in [3.05, 3.63) is 0 Å². The Labute approximate surface area is 117 Å². The molecule has 19 heavy (non-hydrogen) atoms. The van der Waals surface area contributed by atoms with Gasteiger partial charge in [-0.25, -0.2) is 0 Å². The van der Waals surface area contributed by atoms with Crippen LogP contribution in [0.4, 0.5) is 0 Å². The van der Waals surface area contributed by atoms with Crippen LogP contribution in [0.5, 0.6) is 0 Å². The predicted molar refractivity (Wildman–Crippen MR) is 78.0 cm³/mol. The number of aliphatic hydroxyl groups is 1. The molecule has 1 aliphatic carbocycles. The summed E-state index contributed by atoms with van der Waals surface area (Å²) in [5.41, 5.74) is 0.129. The Kier molecular flexibility index (Phi) is 6.80. The molecule has 1 aliphatic rings. The minimum absolute atomic E-state index is 0.118. The third kappa shape index (κ3) is 5.11. The molecule has 0 aromatic carbocycles. The molecule has 4 nitrogen and oxygen atoms in total. The second kappa shape index (κ2) is 7.85. The summed E-state index contributed by atoms with van der Waals surface area (Å²) in [6.07, 6.45) is 6.90. The van der Waals surface area contributed by atoms with E-state index in [0.717, 1.165) is 25.3 Å². The summed E-state index contributed by atoms with van der Waals surface area (Å²) >= 11 is 0. The van der Waals surface area contributed by atoms with E-state index in [0.29, 0.717) is 12.8 Å². The topological polar surface area (TPSA) is 52.6 Å². The molecule has 4 heteroatoms. The number of aliphatic hydroxyl groups excluding tert-OH is 1. The second-order valence-electron chi connectivity index (χ2n) is 6.28. The molecule has 0 spiro atoms. The van der Waals surface area contributed by atoms with Crippen LogP contribution in [0.1, 0.15) is 51.9 Å². The van der Waals surface area contributed by atoms with Crippen LogP contribution in [0.15, 0.2) is 0 Å². The number of rotatable bonds is 7. The van der Waals surface area contributed by atoms with Gasteiger partial charge >= 0.3 is 0 Å². The third-order valence-corrected chi connectivity index (χ3v) is 4.44. The van der Waals surface area contributed by atoms with E-state index in [4.69, 9.17) is 5.11 Å². The Morgan fingerprint density at radius 2 is 2.16 bits per heavy atom. The molecular weight excluding hydrogens is 240 g/mol. The number of unbranched alkanes of at least 4 members (excludes halogenated alkanes) is 1. The number of hydrogen-bond acceptors (Lipinski definition) is 3. The van der Waals surface area contributed by atoms with Gasteiger partial charge < -0.3 is 15.3 Å². The zero-order valence-corrected chi connectivity index (χ0v) is 12.7. The fraction of sp³-hybridized carbons (Fsp3) is 0.933. The summed E-state index contributed by atoms with van der Waals surface area (Å²) in [6.45, 7) is 3.23. The van der Waals surface area contributed by atoms with Gasteiger partial charge in [-0.1, -0.05) is 19.8 Å². The molecule has 112 valence electrons. The molecule has 2 N–H and O–H groups in total. The van der Waals surface area contributed by atoms with E-state index in [1.165, 1.54) is 19.3 Å². The first-order valence-corrected chi connectivity index (χ1v) is 7.55. The number of nitrogens with one attached hydrogen (secondary N) is 1. The van der Waals surface area contributed by atoms with Crippen LogP contribution in [0.25, 0.3) is 0 Å². The second-order valence-corrected chi connectivity index (χ2v) is 6.28. The van der Waals surface area contributed by atoms with E-state index >= 15 is 0 Å². The molecular formula is C15H30N2O2. The molecule has 2 unspecified atom stereocenters. The van der Waals surface area contributed by atoms with Crippen molar-refractivity contribution in [3.8, 4) is 0 Å². The van der Waals surface area contributed by atoms with Crippen molar-refractivity contribution in [1.29, 1.82) is 0 Å². The molecule has 1 fully saturated rings. The maximum atomic E-state index is 11.8. The average Bonchev–Trinajstić information content (AvgIpc) is 2.36. The van der Waals surface area contributed by atoms with Gasteiger partial charge in [0.15, 0.2) is 0 Å². The minimum atomic E-state index is 0.118. The molecule has 0 saturated heterocycles. The Morgan fingerprint density at radius 3 is 2.74 bits per heavy atom. The molecule has 1 rings (SSSR count). The van der Waals surface area contributed by atoms with Crippen LogP contribution < -0.4 is 5.32 Å². The van der Waals surface area contributed by atoms with E-state index in [1.54, 1.807) is 0 Å². The fourth-order valence-corrected chi connectivity index (χ4v) is 3.11. The zero-order chi connectivity index (χ0) is 14.3. The lowest BCUT2D eigenvalue weighted by molar-refractivity contribution is -0.122. The van der Waals surface area contributed by atoms with Crippen LogP contribution in [0.2, 0.25) is 0 Å². The molecule has 0 heterocycles. The predicted octanol–water partition coefficient (Wildman–Crippen LogP) is 1.78. The van der Waals surface area contributed by atoms with Gasteiger partial charge in [0.1, 0.15) is 0 Å². The summed E-state index contributed by atoms with van der Waals surface area (Å²) in [5, 5.41) is 11.8. The quantitative estimate of drug-likeness (QED) is 0.693. The zero-order valence-electron chi connectivity index (χ0n) is 12.7. The van der Waals surface area contributed by atoms with E-state index in [2.05, 4.69) is 31.2 Å². The lowest BCUT2D eigenvalue weighted by atomic mass is 9.75. The SMILES string of the molecule is CC1CCCC(CNC(=O)CCCCO)(N(C)C)C1. The number of hydrogen-bond donors (Lipinski definition) is 2. The molecule has 0 bridgehead atoms. The van der Waals surface area contributed by atoms with Crippen molar-refractivity contribution in [3.63, 3.8) is 0 Å². The van der Waals surface area contributed by atoms with Crippen molar-refractivity contribution in [2.45, 2.75) is 57.4 Å². The number of likely N-dealkylation sites (N-methyl/N-ethyl adjacent to an activating group) is 1. The number of carbonyl (C=O) groups excluding carboxylic acids is 1. The molecule has 0 radical (unpaired) electrons. The molecule has 2 atom stereocenters. The van der Waals surface area contributed by atoms with Crippen molar-refractivity contribution < 1.29 is 9.90 Å². The van der Waals surface area contributed by atoms with Crippen LogP contribution in [0.3, 0.4) is 0 Å². The highest BCUT2D eigenvalue weighted by Gasteiger charge is 2.36. The van der Waals surface area contributed by atoms with Crippen molar-refractivity contribution in [2.24, 2.45) is 5.92 Å². The Morgan fingerprint density at radius 1 is 1.42 bits per heavy atom. The monoisotopic (exact) mass is 270 g/mol. The van der Waals surface area contributed by atoms with Crippen molar-refractivity contribution in [2.75, 3.05) is 27.2 Å². The molecule has 1 amide bonds. The Bertz CT molecular complexity index is 281. The lowest BCUT2D eigenvalue weighted by Gasteiger charge is -2.45. The third-order valence-electron chi connectivity index (χ3n) is 4.44. The largest absolute Gasteiger partial charge is 0.396 e. The first-order chi connectivity index (χ1) is 9.00. The van der Waals surface area contributed by atoms with Gasteiger partial charge in [0.25, 0.3) is 0 Å². The van der Waals surface area contributed by atoms with E-state index in [1.807, 2.05) is 0 Å². The van der Waals surface area contributed by atoms with Gasteiger partial charge in [-0.15, -0.1) is 0 Å². The van der Waals surface area contributed by atoms with Gasteiger partial charge in [0.05, 0.1) is 0 Å². The molecule has 0 aromatic rings. The standard InChI is InChI=1S/C15H30N2O2/c1-13-7-6-9-15(11-13,17(2)3)12-16-14(19)8-4-5-10-18/h13,18H,4-12H2,1-3H3,(H,16,19). The van der Waals surface area contributed by atoms with E-state index in [9.17, 15) is 4.79 Å². The summed E-state index contributed by atoms with van der Waals surface area (Å²) < 4.78 is 0. The van der Waals surface area contributed by atoms with Gasteiger partial charge in [0.2, 0.25) is 5.91 Å². The number of nitrogens with zero attached hydrogens (tertiary/aromatic N) is 1. The maximum absolute atomic E-state index is 11.8. The summed E-state index contributed by atoms with van der Waals surface area (Å²) in [4.78, 5) is 14.1. The highest BCUT2D eigenvalue weighted by atomic mass is 16.3. The Balaban J connectivity index is 2.43. The first-order valence-electron chi connectivity index (χ1n) is 7.55. The van der Waals surface area contributed by atoms with Crippen LogP contribution >= 0.6 is 0 Å². The van der Waals surface area contributed by atoms with Crippen LogP contribution in [-0.2, 0) is 4.79 Å². The normalized spacial score (nSPS) is 27.5. The van der Waals surface area contributed by atoms with Crippen molar-refractivity contribution >= 4 is 5.91 Å². The van der Waals surface area contributed by atoms with Gasteiger partial charge in [-0.2, -0.15) is 0 Å². The molecule has 0 aliphatic heterocycles. The minimum Gasteiger partial charge on any atom is -0.396 e. The first kappa shape index (κ1) is 16.4. The van der Waals surface area contributed by atoms with Crippen LogP contribution in [0, 0.1) is 5.92 Å². The van der Waals surface area contributed by atoms with E-state index in [-0.39, 0.29) is 18.1 Å². The summed E-state index contributed by atoms with van der Waals surface area (Å²) in [5.74, 6) is 0.857. The van der Waals surface area contributed by atoms with Gasteiger partial charge in [-0.05, 0) is 45.7 Å². The lowest BCUT2D eigenvalue weighted by Crippen LogP contribution is -2.55. The summed E-state index contributed by atoms with van der Waals surface area (Å²) in [7, 11) is 4.24. The highest BCUT2D eigenvalue weighted by Crippen LogP contribution is 2.35. The summed E-state index contributed by atoms with van der Waals surface area (Å²) in [6, 6.07) is 0. The van der Waals surface area contributed by atoms with Crippen molar-refractivity contribution in [1.82, 2.24) is 10.2 Å². The number of carbonyl (C=O) groups is 1. The van der Waals surface area contributed by atoms with Gasteiger partial charge in [-0.3, -0.25) is 4.79 Å². The number of amides is 1. The van der Waals surface area contributed by atoms with Gasteiger partial charge in [0, 0.05) is 25.1 Å². The molecule has 0 aromatic heterocycles.